The third kappa shape index (κ3) is 1.56. The smallest absolute Gasteiger partial charge is 0.146 e. The summed E-state index contributed by atoms with van der Waals surface area (Å²) in [6.07, 6.45) is 6.34. The van der Waals surface area contributed by atoms with E-state index in [0.717, 1.165) is 0 Å². The van der Waals surface area contributed by atoms with Crippen LogP contribution in [0.2, 0.25) is 0 Å². The number of rotatable bonds is 1. The Bertz CT molecular complexity index is 228. The molecular weight excluding hydrogens is 142 g/mol. The van der Waals surface area contributed by atoms with Crippen molar-refractivity contribution in [3.63, 3.8) is 0 Å². The summed E-state index contributed by atoms with van der Waals surface area (Å²) in [5.41, 5.74) is 3.92. The number of hydrogen-bond donors (Lipinski definition) is 2. The van der Waals surface area contributed by atoms with Crippen LogP contribution >= 0.6 is 0 Å². The second kappa shape index (κ2) is 2.60. The van der Waals surface area contributed by atoms with Gasteiger partial charge in [0.1, 0.15) is 11.5 Å². The van der Waals surface area contributed by atoms with E-state index in [2.05, 4.69) is 0 Å². The molecule has 0 saturated heterocycles. The number of nitrogens with two attached hydrogens (primary N) is 1. The van der Waals surface area contributed by atoms with Crippen LogP contribution < -0.4 is 5.73 Å². The zero-order valence-electron chi connectivity index (χ0n) is 6.32. The number of carbonyl (C=O) groups is 1. The monoisotopic (exact) mass is 153 g/mol. The molecule has 1 aliphatic rings. The highest BCUT2D eigenvalue weighted by Gasteiger charge is 2.32. The minimum Gasteiger partial charge on any atom is -0.371 e. The van der Waals surface area contributed by atoms with Gasteiger partial charge in [0.05, 0.1) is 5.92 Å². The van der Waals surface area contributed by atoms with Gasteiger partial charge in [0.2, 0.25) is 0 Å². The van der Waals surface area contributed by atoms with E-state index in [-0.39, 0.29) is 5.78 Å². The largest absolute Gasteiger partial charge is 0.371 e. The molecule has 0 aromatic rings. The summed E-state index contributed by atoms with van der Waals surface area (Å²) in [6.45, 7) is 1.41. The van der Waals surface area contributed by atoms with Gasteiger partial charge in [-0.2, -0.15) is 0 Å². The lowest BCUT2D eigenvalue weighted by molar-refractivity contribution is -0.124. The Labute approximate surface area is 65.2 Å². The van der Waals surface area contributed by atoms with Gasteiger partial charge >= 0.3 is 0 Å². The molecule has 0 aromatic heterocycles. The Balaban J connectivity index is 2.89. The molecule has 0 heterocycles. The van der Waals surface area contributed by atoms with E-state index in [1.54, 1.807) is 18.2 Å². The average Bonchev–Trinajstić information content (AvgIpc) is 1.85. The minimum absolute atomic E-state index is 0.129. The van der Waals surface area contributed by atoms with Crippen LogP contribution in [0.15, 0.2) is 24.3 Å². The number of allylic oxidation sites excluding steroid dienone is 2. The SMILES string of the molecule is CC(=O)C1C=CC=CC1(N)O. The van der Waals surface area contributed by atoms with Gasteiger partial charge in [-0.15, -0.1) is 0 Å². The van der Waals surface area contributed by atoms with E-state index in [0.29, 0.717) is 0 Å². The quantitative estimate of drug-likeness (QED) is 0.520. The standard InChI is InChI=1S/C8H11NO2/c1-6(10)7-4-2-3-5-8(7,9)11/h2-5,7,11H,9H2,1H3. The van der Waals surface area contributed by atoms with Crippen molar-refractivity contribution in [2.24, 2.45) is 11.7 Å². The van der Waals surface area contributed by atoms with Crippen LogP contribution in [-0.4, -0.2) is 16.6 Å². The second-order valence-electron chi connectivity index (χ2n) is 2.72. The molecule has 60 valence electrons. The molecule has 0 fully saturated rings. The van der Waals surface area contributed by atoms with E-state index in [9.17, 15) is 9.90 Å². The second-order valence-corrected chi connectivity index (χ2v) is 2.72. The molecule has 0 spiro atoms. The number of ketones is 1. The highest BCUT2D eigenvalue weighted by Crippen LogP contribution is 2.19. The van der Waals surface area contributed by atoms with Crippen LogP contribution in [0.25, 0.3) is 0 Å². The van der Waals surface area contributed by atoms with Crippen LogP contribution in [-0.2, 0) is 4.79 Å². The summed E-state index contributed by atoms with van der Waals surface area (Å²) in [4.78, 5) is 10.9. The molecule has 0 bridgehead atoms. The molecule has 1 aliphatic carbocycles. The lowest BCUT2D eigenvalue weighted by atomic mass is 9.89. The summed E-state index contributed by atoms with van der Waals surface area (Å²) in [5.74, 6) is -0.733. The van der Waals surface area contributed by atoms with Crippen LogP contribution in [0, 0.1) is 5.92 Å². The molecule has 0 aromatic carbocycles. The van der Waals surface area contributed by atoms with Crippen LogP contribution in [0.3, 0.4) is 0 Å². The Kier molecular flexibility index (Phi) is 1.93. The zero-order chi connectivity index (χ0) is 8.48. The lowest BCUT2D eigenvalue weighted by Gasteiger charge is -2.27. The summed E-state index contributed by atoms with van der Waals surface area (Å²) in [5, 5.41) is 9.42. The number of carbonyl (C=O) groups excluding carboxylic acids is 1. The van der Waals surface area contributed by atoms with Gasteiger partial charge in [-0.25, -0.2) is 0 Å². The highest BCUT2D eigenvalue weighted by molar-refractivity contribution is 5.82. The maximum Gasteiger partial charge on any atom is 0.146 e. The van der Waals surface area contributed by atoms with Gasteiger partial charge in [-0.1, -0.05) is 18.2 Å². The Morgan fingerprint density at radius 2 is 2.27 bits per heavy atom. The average molecular weight is 153 g/mol. The van der Waals surface area contributed by atoms with Gasteiger partial charge in [0, 0.05) is 0 Å². The van der Waals surface area contributed by atoms with E-state index in [4.69, 9.17) is 5.73 Å². The summed E-state index contributed by atoms with van der Waals surface area (Å²) >= 11 is 0. The van der Waals surface area contributed by atoms with E-state index < -0.39 is 11.6 Å². The molecule has 2 atom stereocenters. The topological polar surface area (TPSA) is 63.3 Å². The first-order chi connectivity index (χ1) is 5.04. The van der Waals surface area contributed by atoms with Crippen molar-refractivity contribution in [2.75, 3.05) is 0 Å². The Morgan fingerprint density at radius 3 is 2.64 bits per heavy atom. The van der Waals surface area contributed by atoms with Crippen molar-refractivity contribution in [1.29, 1.82) is 0 Å². The van der Waals surface area contributed by atoms with Crippen molar-refractivity contribution in [1.82, 2.24) is 0 Å². The number of hydrogen-bond acceptors (Lipinski definition) is 3. The normalized spacial score (nSPS) is 35.7. The van der Waals surface area contributed by atoms with Gasteiger partial charge in [0.15, 0.2) is 0 Å². The van der Waals surface area contributed by atoms with Crippen molar-refractivity contribution < 1.29 is 9.90 Å². The molecule has 2 unspecified atom stereocenters. The van der Waals surface area contributed by atoms with Crippen molar-refractivity contribution >= 4 is 5.78 Å². The fourth-order valence-corrected chi connectivity index (χ4v) is 1.10. The molecule has 11 heavy (non-hydrogen) atoms. The Morgan fingerprint density at radius 1 is 1.64 bits per heavy atom. The van der Waals surface area contributed by atoms with Gasteiger partial charge in [0.25, 0.3) is 0 Å². The van der Waals surface area contributed by atoms with E-state index in [1.807, 2.05) is 0 Å². The van der Waals surface area contributed by atoms with Crippen LogP contribution in [0.4, 0.5) is 0 Å². The molecular formula is C8H11NO2. The number of aliphatic hydroxyl groups is 1. The lowest BCUT2D eigenvalue weighted by Crippen LogP contribution is -2.48. The summed E-state index contributed by atoms with van der Waals surface area (Å²) in [7, 11) is 0. The van der Waals surface area contributed by atoms with Gasteiger partial charge < -0.3 is 5.11 Å². The molecule has 0 saturated carbocycles. The van der Waals surface area contributed by atoms with Gasteiger partial charge in [-0.3, -0.25) is 10.5 Å². The first-order valence-corrected chi connectivity index (χ1v) is 3.42. The Hall–Kier alpha value is -0.930. The third-order valence-corrected chi connectivity index (χ3v) is 1.71. The molecule has 0 radical (unpaired) electrons. The zero-order valence-corrected chi connectivity index (χ0v) is 6.32. The van der Waals surface area contributed by atoms with E-state index in [1.165, 1.54) is 13.0 Å². The number of Topliss-reactive ketones (excluding diaryl/α,β-unsaturated/α-hetero) is 1. The van der Waals surface area contributed by atoms with Crippen molar-refractivity contribution in [2.45, 2.75) is 12.6 Å². The summed E-state index contributed by atoms with van der Waals surface area (Å²) < 4.78 is 0. The van der Waals surface area contributed by atoms with Gasteiger partial charge in [-0.05, 0) is 13.0 Å². The molecule has 3 heteroatoms. The molecule has 1 rings (SSSR count). The first kappa shape index (κ1) is 8.17. The maximum atomic E-state index is 10.9. The third-order valence-electron chi connectivity index (χ3n) is 1.71. The van der Waals surface area contributed by atoms with Crippen molar-refractivity contribution in [3.8, 4) is 0 Å². The fourth-order valence-electron chi connectivity index (χ4n) is 1.10. The molecule has 3 nitrogen and oxygen atoms in total. The van der Waals surface area contributed by atoms with Crippen LogP contribution in [0.5, 0.6) is 0 Å². The summed E-state index contributed by atoms with van der Waals surface area (Å²) in [6, 6.07) is 0. The molecule has 3 N–H and O–H groups in total. The minimum atomic E-state index is -1.50. The predicted molar refractivity (Wildman–Crippen MR) is 41.6 cm³/mol. The van der Waals surface area contributed by atoms with Crippen LogP contribution in [0.1, 0.15) is 6.92 Å². The van der Waals surface area contributed by atoms with Crippen molar-refractivity contribution in [3.05, 3.63) is 24.3 Å². The molecule has 0 amide bonds. The molecule has 0 aliphatic heterocycles. The first-order valence-electron chi connectivity index (χ1n) is 3.42. The fraction of sp³-hybridized carbons (Fsp3) is 0.375. The van der Waals surface area contributed by atoms with E-state index >= 15 is 0 Å². The highest BCUT2D eigenvalue weighted by atomic mass is 16.3. The maximum absolute atomic E-state index is 10.9. The predicted octanol–water partition coefficient (Wildman–Crippen LogP) is -0.0351.